The van der Waals surface area contributed by atoms with E-state index in [1.165, 1.54) is 0 Å². The lowest BCUT2D eigenvalue weighted by atomic mass is 10.2. The summed E-state index contributed by atoms with van der Waals surface area (Å²) in [5.41, 5.74) is 0.810. The fourth-order valence-electron chi connectivity index (χ4n) is 1.01. The highest BCUT2D eigenvalue weighted by atomic mass is 16.5. The van der Waals surface area contributed by atoms with Crippen molar-refractivity contribution in [2.75, 3.05) is 6.61 Å². The van der Waals surface area contributed by atoms with Gasteiger partial charge >= 0.3 is 5.97 Å². The molecule has 0 aromatic heterocycles. The lowest BCUT2D eigenvalue weighted by Crippen LogP contribution is -1.99. The maximum Gasteiger partial charge on any atom is 0.384 e. The van der Waals surface area contributed by atoms with Crippen molar-refractivity contribution in [3.63, 3.8) is 0 Å². The maximum absolute atomic E-state index is 11.1. The lowest BCUT2D eigenvalue weighted by Gasteiger charge is -1.92. The van der Waals surface area contributed by atoms with Crippen LogP contribution in [0.15, 0.2) is 36.0 Å². The van der Waals surface area contributed by atoms with Crippen molar-refractivity contribution in [3.8, 4) is 11.8 Å². The van der Waals surface area contributed by atoms with Crippen molar-refractivity contribution >= 4 is 5.97 Å². The molecular weight excluding hydrogens is 212 g/mol. The van der Waals surface area contributed by atoms with E-state index in [4.69, 9.17) is 4.74 Å². The molecule has 0 aromatic carbocycles. The number of hydrogen-bond donors (Lipinski definition) is 0. The van der Waals surface area contributed by atoms with Gasteiger partial charge in [-0.3, -0.25) is 0 Å². The summed E-state index contributed by atoms with van der Waals surface area (Å²) in [5.74, 6) is 4.77. The van der Waals surface area contributed by atoms with Crippen LogP contribution < -0.4 is 0 Å². The Morgan fingerprint density at radius 1 is 1.29 bits per heavy atom. The van der Waals surface area contributed by atoms with Crippen LogP contribution in [0.5, 0.6) is 0 Å². The van der Waals surface area contributed by atoms with Gasteiger partial charge in [0.2, 0.25) is 0 Å². The Balaban J connectivity index is 4.64. The molecule has 0 N–H and O–H groups in total. The Bertz CT molecular complexity index is 362. The second-order valence-electron chi connectivity index (χ2n) is 3.31. The molecule has 2 heteroatoms. The standard InChI is InChI=1S/C15H20O2/c1-4-7-9-11-14(10-8-5-2)12-13-15(16)17-6-3/h5,8-11H,4,6-7H2,1-3H3/b8-5-,11-9-,14-10+. The molecule has 0 aromatic rings. The van der Waals surface area contributed by atoms with E-state index in [-0.39, 0.29) is 0 Å². The molecular formula is C15H20O2. The predicted molar refractivity (Wildman–Crippen MR) is 71.4 cm³/mol. The van der Waals surface area contributed by atoms with E-state index in [9.17, 15) is 4.79 Å². The molecule has 0 aliphatic rings. The zero-order valence-electron chi connectivity index (χ0n) is 10.8. The third-order valence-corrected chi connectivity index (χ3v) is 1.81. The molecule has 0 spiro atoms. The molecule has 0 atom stereocenters. The van der Waals surface area contributed by atoms with Crippen LogP contribution in [-0.4, -0.2) is 12.6 Å². The Morgan fingerprint density at radius 3 is 2.65 bits per heavy atom. The molecule has 0 unspecified atom stereocenters. The third kappa shape index (κ3) is 9.19. The number of esters is 1. The van der Waals surface area contributed by atoms with E-state index in [0.29, 0.717) is 6.61 Å². The van der Waals surface area contributed by atoms with Gasteiger partial charge < -0.3 is 4.74 Å². The van der Waals surface area contributed by atoms with Crippen molar-refractivity contribution in [3.05, 3.63) is 36.0 Å². The zero-order valence-corrected chi connectivity index (χ0v) is 10.8. The summed E-state index contributed by atoms with van der Waals surface area (Å²) in [6.07, 6.45) is 11.8. The minimum absolute atomic E-state index is 0.354. The SMILES string of the molecule is C\C=C/C=C(C#CC(=O)OCC)\C=C/CCC. The second-order valence-corrected chi connectivity index (χ2v) is 3.31. The van der Waals surface area contributed by atoms with Gasteiger partial charge in [-0.05, 0) is 26.3 Å². The Labute approximate surface area is 104 Å². The van der Waals surface area contributed by atoms with Crippen molar-refractivity contribution in [2.45, 2.75) is 33.6 Å². The summed E-state index contributed by atoms with van der Waals surface area (Å²) < 4.78 is 4.74. The van der Waals surface area contributed by atoms with Crippen LogP contribution in [-0.2, 0) is 9.53 Å². The number of hydrogen-bond acceptors (Lipinski definition) is 2. The summed E-state index contributed by atoms with van der Waals surface area (Å²) in [5, 5.41) is 0. The molecule has 0 bridgehead atoms. The molecule has 17 heavy (non-hydrogen) atoms. The minimum Gasteiger partial charge on any atom is -0.456 e. The number of carbonyl (C=O) groups excluding carboxylic acids is 1. The van der Waals surface area contributed by atoms with Crippen LogP contribution in [0.4, 0.5) is 0 Å². The topological polar surface area (TPSA) is 26.3 Å². The number of allylic oxidation sites excluding steroid dienone is 6. The maximum atomic E-state index is 11.1. The highest BCUT2D eigenvalue weighted by Gasteiger charge is 1.92. The molecule has 2 nitrogen and oxygen atoms in total. The number of rotatable bonds is 5. The molecule has 0 fully saturated rings. The zero-order chi connectivity index (χ0) is 12.9. The van der Waals surface area contributed by atoms with Gasteiger partial charge in [-0.15, -0.1) is 0 Å². The first-order chi connectivity index (χ1) is 8.24. The van der Waals surface area contributed by atoms with Gasteiger partial charge in [0.25, 0.3) is 0 Å². The van der Waals surface area contributed by atoms with Gasteiger partial charge in [0.15, 0.2) is 0 Å². The van der Waals surface area contributed by atoms with Crippen LogP contribution >= 0.6 is 0 Å². The molecule has 0 amide bonds. The van der Waals surface area contributed by atoms with Gasteiger partial charge in [0.1, 0.15) is 0 Å². The van der Waals surface area contributed by atoms with Crippen LogP contribution in [0, 0.1) is 11.8 Å². The molecule has 0 radical (unpaired) electrons. The molecule has 0 aliphatic carbocycles. The van der Waals surface area contributed by atoms with Crippen LogP contribution in [0.2, 0.25) is 0 Å². The van der Waals surface area contributed by atoms with Crippen molar-refractivity contribution < 1.29 is 9.53 Å². The van der Waals surface area contributed by atoms with Crippen LogP contribution in [0.25, 0.3) is 0 Å². The Kier molecular flexibility index (Phi) is 9.65. The lowest BCUT2D eigenvalue weighted by molar-refractivity contribution is -0.136. The van der Waals surface area contributed by atoms with Crippen molar-refractivity contribution in [1.82, 2.24) is 0 Å². The summed E-state index contributed by atoms with van der Waals surface area (Å²) in [6, 6.07) is 0. The second kappa shape index (κ2) is 10.8. The van der Waals surface area contributed by atoms with Gasteiger partial charge in [0, 0.05) is 11.5 Å². The van der Waals surface area contributed by atoms with Gasteiger partial charge in [-0.2, -0.15) is 0 Å². The molecule has 0 saturated carbocycles. The molecule has 92 valence electrons. The Morgan fingerprint density at radius 2 is 2.06 bits per heavy atom. The molecule has 0 aliphatic heterocycles. The highest BCUT2D eigenvalue weighted by molar-refractivity contribution is 5.89. The first kappa shape index (κ1) is 15.2. The molecule has 0 saturated heterocycles. The summed E-state index contributed by atoms with van der Waals surface area (Å²) in [7, 11) is 0. The monoisotopic (exact) mass is 232 g/mol. The highest BCUT2D eigenvalue weighted by Crippen LogP contribution is 1.99. The number of ether oxygens (including phenoxy) is 1. The van der Waals surface area contributed by atoms with Crippen LogP contribution in [0.3, 0.4) is 0 Å². The molecule has 0 rings (SSSR count). The average molecular weight is 232 g/mol. The van der Waals surface area contributed by atoms with E-state index in [1.54, 1.807) is 6.92 Å². The normalized spacial score (nSPS) is 11.6. The van der Waals surface area contributed by atoms with Gasteiger partial charge in [-0.25, -0.2) is 4.79 Å². The van der Waals surface area contributed by atoms with E-state index in [2.05, 4.69) is 24.8 Å². The van der Waals surface area contributed by atoms with Crippen molar-refractivity contribution in [2.24, 2.45) is 0 Å². The summed E-state index contributed by atoms with van der Waals surface area (Å²) in [6.45, 7) is 6.16. The number of carbonyl (C=O) groups is 1. The smallest absolute Gasteiger partial charge is 0.384 e. The quantitative estimate of drug-likeness (QED) is 0.314. The van der Waals surface area contributed by atoms with E-state index < -0.39 is 5.97 Å². The largest absolute Gasteiger partial charge is 0.456 e. The first-order valence-corrected chi connectivity index (χ1v) is 5.92. The third-order valence-electron chi connectivity index (χ3n) is 1.81. The van der Waals surface area contributed by atoms with E-state index in [1.807, 2.05) is 31.2 Å². The fraction of sp³-hybridized carbons (Fsp3) is 0.400. The van der Waals surface area contributed by atoms with Gasteiger partial charge in [0.05, 0.1) is 6.61 Å². The summed E-state index contributed by atoms with van der Waals surface area (Å²) >= 11 is 0. The first-order valence-electron chi connectivity index (χ1n) is 5.92. The number of unbranched alkanes of at least 4 members (excludes halogenated alkanes) is 1. The van der Waals surface area contributed by atoms with Crippen molar-refractivity contribution in [1.29, 1.82) is 0 Å². The van der Waals surface area contributed by atoms with Gasteiger partial charge in [-0.1, -0.05) is 43.6 Å². The minimum atomic E-state index is -0.484. The van der Waals surface area contributed by atoms with Crippen LogP contribution in [0.1, 0.15) is 33.6 Å². The fourth-order valence-corrected chi connectivity index (χ4v) is 1.01. The van der Waals surface area contributed by atoms with E-state index >= 15 is 0 Å². The average Bonchev–Trinajstić information content (AvgIpc) is 2.32. The van der Waals surface area contributed by atoms with E-state index in [0.717, 1.165) is 18.4 Å². The summed E-state index contributed by atoms with van der Waals surface area (Å²) in [4.78, 5) is 11.1. The predicted octanol–water partition coefficient (Wildman–Crippen LogP) is 3.41. The molecule has 0 heterocycles. The Hall–Kier alpha value is -1.75.